The van der Waals surface area contributed by atoms with E-state index in [2.05, 4.69) is 15.3 Å². The lowest BCUT2D eigenvalue weighted by molar-refractivity contribution is 0.0906. The predicted octanol–water partition coefficient (Wildman–Crippen LogP) is 2.28. The fourth-order valence-corrected chi connectivity index (χ4v) is 1.70. The highest BCUT2D eigenvalue weighted by Crippen LogP contribution is 2.20. The van der Waals surface area contributed by atoms with Gasteiger partial charge in [0.15, 0.2) is 0 Å². The van der Waals surface area contributed by atoms with Crippen molar-refractivity contribution < 1.29 is 9.18 Å². The van der Waals surface area contributed by atoms with E-state index in [1.165, 1.54) is 30.7 Å². The van der Waals surface area contributed by atoms with Gasteiger partial charge < -0.3 is 5.32 Å². The van der Waals surface area contributed by atoms with Crippen LogP contribution in [0.1, 0.15) is 29.9 Å². The molecule has 0 aliphatic carbocycles. The summed E-state index contributed by atoms with van der Waals surface area (Å²) in [7, 11) is 0. The van der Waals surface area contributed by atoms with Crippen molar-refractivity contribution in [3.05, 3.63) is 59.9 Å². The van der Waals surface area contributed by atoms with Gasteiger partial charge in [0.25, 0.3) is 5.91 Å². The van der Waals surface area contributed by atoms with Gasteiger partial charge in [0.05, 0.1) is 11.7 Å². The van der Waals surface area contributed by atoms with Gasteiger partial charge in [-0.25, -0.2) is 9.37 Å². The first kappa shape index (κ1) is 13.1. The van der Waals surface area contributed by atoms with Gasteiger partial charge in [-0.2, -0.15) is 0 Å². The number of carbonyl (C=O) groups is 1. The van der Waals surface area contributed by atoms with Crippen LogP contribution in [0.4, 0.5) is 4.39 Å². The molecule has 0 spiro atoms. The van der Waals surface area contributed by atoms with Gasteiger partial charge in [-0.15, -0.1) is 0 Å². The van der Waals surface area contributed by atoms with Crippen LogP contribution in [0, 0.1) is 5.82 Å². The zero-order valence-electron chi connectivity index (χ0n) is 10.7. The summed E-state index contributed by atoms with van der Waals surface area (Å²) >= 11 is 0. The van der Waals surface area contributed by atoms with Gasteiger partial charge >= 0.3 is 0 Å². The summed E-state index contributed by atoms with van der Waals surface area (Å²) in [4.78, 5) is 19.8. The topological polar surface area (TPSA) is 54.9 Å². The first-order chi connectivity index (χ1) is 8.99. The molecule has 0 aliphatic rings. The number of hydrogen-bond donors (Lipinski definition) is 1. The van der Waals surface area contributed by atoms with Crippen LogP contribution >= 0.6 is 0 Å². The molecule has 0 fully saturated rings. The minimum atomic E-state index is -0.623. The summed E-state index contributed by atoms with van der Waals surface area (Å²) in [6.45, 7) is 3.68. The Hall–Kier alpha value is -2.30. The first-order valence-electron chi connectivity index (χ1n) is 5.83. The van der Waals surface area contributed by atoms with Gasteiger partial charge in [-0.05, 0) is 31.5 Å². The van der Waals surface area contributed by atoms with Crippen LogP contribution in [0.2, 0.25) is 0 Å². The van der Waals surface area contributed by atoms with Crippen molar-refractivity contribution in [2.45, 2.75) is 19.4 Å². The molecule has 0 radical (unpaired) electrons. The van der Waals surface area contributed by atoms with Crippen molar-refractivity contribution in [3.63, 3.8) is 0 Å². The van der Waals surface area contributed by atoms with Crippen LogP contribution in [-0.4, -0.2) is 15.9 Å². The summed E-state index contributed by atoms with van der Waals surface area (Å²) < 4.78 is 12.9. The van der Waals surface area contributed by atoms with Crippen LogP contribution in [0.5, 0.6) is 0 Å². The summed E-state index contributed by atoms with van der Waals surface area (Å²) in [6, 6.07) is 6.02. The number of aromatic nitrogens is 2. The van der Waals surface area contributed by atoms with Gasteiger partial charge in [-0.1, -0.05) is 12.1 Å². The Kier molecular flexibility index (Phi) is 3.55. The van der Waals surface area contributed by atoms with Crippen LogP contribution < -0.4 is 5.32 Å². The molecule has 2 aromatic rings. The number of amides is 1. The van der Waals surface area contributed by atoms with Crippen LogP contribution in [0.3, 0.4) is 0 Å². The van der Waals surface area contributed by atoms with E-state index in [1.54, 1.807) is 12.1 Å². The van der Waals surface area contributed by atoms with Gasteiger partial charge in [0, 0.05) is 12.4 Å². The number of nitrogens with one attached hydrogen (secondary N) is 1. The van der Waals surface area contributed by atoms with E-state index in [1.807, 2.05) is 13.8 Å². The standard InChI is InChI=1S/C14H14FN3O/c1-14(2,10-3-5-11(15)6-4-10)18-13(19)12-9-16-7-8-17-12/h3-9H,1-2H3,(H,18,19). The maximum atomic E-state index is 12.9. The lowest BCUT2D eigenvalue weighted by atomic mass is 9.94. The molecule has 0 unspecified atom stereocenters. The van der Waals surface area contributed by atoms with Crippen molar-refractivity contribution in [1.82, 2.24) is 15.3 Å². The average Bonchev–Trinajstić information content (AvgIpc) is 2.40. The minimum absolute atomic E-state index is 0.248. The maximum Gasteiger partial charge on any atom is 0.272 e. The second-order valence-electron chi connectivity index (χ2n) is 4.68. The molecule has 0 saturated carbocycles. The molecule has 1 aromatic heterocycles. The second-order valence-corrected chi connectivity index (χ2v) is 4.68. The average molecular weight is 259 g/mol. The van der Waals surface area contributed by atoms with E-state index >= 15 is 0 Å². The summed E-state index contributed by atoms with van der Waals surface area (Å²) in [5.74, 6) is -0.623. The first-order valence-corrected chi connectivity index (χ1v) is 5.83. The second kappa shape index (κ2) is 5.14. The number of benzene rings is 1. The highest BCUT2D eigenvalue weighted by molar-refractivity contribution is 5.92. The SMILES string of the molecule is CC(C)(NC(=O)c1cnccn1)c1ccc(F)cc1. The Balaban J connectivity index is 2.17. The summed E-state index contributed by atoms with van der Waals surface area (Å²) in [6.07, 6.45) is 4.36. The normalized spacial score (nSPS) is 11.1. The van der Waals surface area contributed by atoms with Crippen LogP contribution in [-0.2, 0) is 5.54 Å². The molecule has 0 aliphatic heterocycles. The molecule has 1 aromatic carbocycles. The molecule has 19 heavy (non-hydrogen) atoms. The molecule has 5 heteroatoms. The van der Waals surface area contributed by atoms with Gasteiger partial charge in [0.2, 0.25) is 0 Å². The Bertz CT molecular complexity index is 567. The maximum absolute atomic E-state index is 12.9. The summed E-state index contributed by atoms with van der Waals surface area (Å²) in [5.41, 5.74) is 0.436. The highest BCUT2D eigenvalue weighted by atomic mass is 19.1. The largest absolute Gasteiger partial charge is 0.342 e. The molecule has 2 rings (SSSR count). The lowest BCUT2D eigenvalue weighted by Crippen LogP contribution is -2.41. The number of carbonyl (C=O) groups excluding carboxylic acids is 1. The Morgan fingerprint density at radius 1 is 1.21 bits per heavy atom. The van der Waals surface area contributed by atoms with Crippen molar-refractivity contribution in [2.24, 2.45) is 0 Å². The lowest BCUT2D eigenvalue weighted by Gasteiger charge is -2.26. The molecule has 0 bridgehead atoms. The monoisotopic (exact) mass is 259 g/mol. The smallest absolute Gasteiger partial charge is 0.272 e. The zero-order chi connectivity index (χ0) is 13.9. The van der Waals surface area contributed by atoms with E-state index in [9.17, 15) is 9.18 Å². The fourth-order valence-electron chi connectivity index (χ4n) is 1.70. The Morgan fingerprint density at radius 2 is 1.89 bits per heavy atom. The third-order valence-corrected chi connectivity index (χ3v) is 2.79. The number of nitrogens with zero attached hydrogens (tertiary/aromatic N) is 2. The van der Waals surface area contributed by atoms with E-state index in [4.69, 9.17) is 0 Å². The molecular weight excluding hydrogens is 245 g/mol. The van der Waals surface area contributed by atoms with Gasteiger partial charge in [0.1, 0.15) is 11.5 Å². The van der Waals surface area contributed by atoms with E-state index in [0.29, 0.717) is 0 Å². The minimum Gasteiger partial charge on any atom is -0.342 e. The predicted molar refractivity (Wildman–Crippen MR) is 68.9 cm³/mol. The molecular formula is C14H14FN3O. The molecule has 0 saturated heterocycles. The highest BCUT2D eigenvalue weighted by Gasteiger charge is 2.24. The molecule has 1 amide bonds. The molecule has 1 N–H and O–H groups in total. The molecule has 1 heterocycles. The van der Waals surface area contributed by atoms with Crippen molar-refractivity contribution in [3.8, 4) is 0 Å². The van der Waals surface area contributed by atoms with Crippen LogP contribution in [0.25, 0.3) is 0 Å². The van der Waals surface area contributed by atoms with E-state index < -0.39 is 5.54 Å². The number of halogens is 1. The number of hydrogen-bond acceptors (Lipinski definition) is 3. The molecule has 0 atom stereocenters. The molecule has 4 nitrogen and oxygen atoms in total. The summed E-state index contributed by atoms with van der Waals surface area (Å²) in [5, 5.41) is 2.84. The van der Waals surface area contributed by atoms with Crippen molar-refractivity contribution >= 4 is 5.91 Å². The van der Waals surface area contributed by atoms with Crippen molar-refractivity contribution in [2.75, 3.05) is 0 Å². The van der Waals surface area contributed by atoms with Crippen LogP contribution in [0.15, 0.2) is 42.9 Å². The molecule has 98 valence electrons. The number of rotatable bonds is 3. The van der Waals surface area contributed by atoms with E-state index in [-0.39, 0.29) is 17.4 Å². The Labute approximate surface area is 110 Å². The zero-order valence-corrected chi connectivity index (χ0v) is 10.7. The Morgan fingerprint density at radius 3 is 2.47 bits per heavy atom. The van der Waals surface area contributed by atoms with E-state index in [0.717, 1.165) is 5.56 Å². The third kappa shape index (κ3) is 3.13. The van der Waals surface area contributed by atoms with Crippen molar-refractivity contribution in [1.29, 1.82) is 0 Å². The fraction of sp³-hybridized carbons (Fsp3) is 0.214. The third-order valence-electron chi connectivity index (χ3n) is 2.79. The van der Waals surface area contributed by atoms with Gasteiger partial charge in [-0.3, -0.25) is 9.78 Å². The quantitative estimate of drug-likeness (QED) is 0.920.